The highest BCUT2D eigenvalue weighted by atomic mass is 16.2. The van der Waals surface area contributed by atoms with Gasteiger partial charge in [0.1, 0.15) is 0 Å². The molecule has 0 radical (unpaired) electrons. The quantitative estimate of drug-likeness (QED) is 0.857. The molecule has 0 saturated heterocycles. The molecule has 0 bridgehead atoms. The van der Waals surface area contributed by atoms with Crippen LogP contribution in [0.15, 0.2) is 12.4 Å². The molecule has 0 fully saturated rings. The molecule has 0 spiro atoms. The molecule has 1 aliphatic heterocycles. The summed E-state index contributed by atoms with van der Waals surface area (Å²) >= 11 is 0. The lowest BCUT2D eigenvalue weighted by molar-refractivity contribution is 0.192. The van der Waals surface area contributed by atoms with Crippen LogP contribution in [0.3, 0.4) is 0 Å². The monoisotopic (exact) mass is 259 g/mol. The molecule has 2 N–H and O–H groups in total. The molecule has 2 aromatic rings. The Morgan fingerprint density at radius 3 is 3.26 bits per heavy atom. The molecule has 0 saturated carbocycles. The van der Waals surface area contributed by atoms with Crippen LogP contribution < -0.4 is 5.32 Å². The molecule has 19 heavy (non-hydrogen) atoms. The number of nitrogens with zero attached hydrogens (tertiary/aromatic N) is 3. The average molecular weight is 259 g/mol. The molecule has 0 aromatic carbocycles. The van der Waals surface area contributed by atoms with Crippen LogP contribution in [-0.4, -0.2) is 39.2 Å². The van der Waals surface area contributed by atoms with Gasteiger partial charge in [-0.15, -0.1) is 0 Å². The van der Waals surface area contributed by atoms with Crippen LogP contribution in [0.5, 0.6) is 0 Å². The van der Waals surface area contributed by atoms with Gasteiger partial charge >= 0.3 is 6.03 Å². The zero-order valence-corrected chi connectivity index (χ0v) is 10.9. The lowest BCUT2D eigenvalue weighted by Crippen LogP contribution is -2.43. The highest BCUT2D eigenvalue weighted by molar-refractivity contribution is 5.80. The number of H-pyrrole nitrogens is 1. The summed E-state index contributed by atoms with van der Waals surface area (Å²) in [6, 6.07) is 0.0137. The molecule has 6 heteroatoms. The van der Waals surface area contributed by atoms with E-state index in [0.29, 0.717) is 6.54 Å². The number of carbonyl (C=O) groups is 1. The number of hydrogen-bond donors (Lipinski definition) is 2. The van der Waals surface area contributed by atoms with Crippen LogP contribution in [-0.2, 0) is 13.0 Å². The number of aromatic nitrogens is 3. The maximum absolute atomic E-state index is 12.0. The summed E-state index contributed by atoms with van der Waals surface area (Å²) in [5.74, 6) is 0. The Morgan fingerprint density at radius 2 is 2.42 bits per heavy atom. The zero-order chi connectivity index (χ0) is 13.2. The van der Waals surface area contributed by atoms with E-state index in [0.717, 1.165) is 42.5 Å². The van der Waals surface area contributed by atoms with Gasteiger partial charge in [0.15, 0.2) is 5.65 Å². The van der Waals surface area contributed by atoms with E-state index in [1.54, 1.807) is 0 Å². The molecule has 100 valence electrons. The Balaban J connectivity index is 1.82. The third-order valence-electron chi connectivity index (χ3n) is 3.49. The van der Waals surface area contributed by atoms with E-state index < -0.39 is 0 Å². The number of hydrogen-bond acceptors (Lipinski definition) is 3. The first-order valence-corrected chi connectivity index (χ1v) is 6.62. The average Bonchev–Trinajstić information content (AvgIpc) is 2.92. The van der Waals surface area contributed by atoms with Crippen molar-refractivity contribution in [1.29, 1.82) is 0 Å². The predicted molar refractivity (Wildman–Crippen MR) is 71.7 cm³/mol. The molecule has 3 rings (SSSR count). The van der Waals surface area contributed by atoms with E-state index >= 15 is 0 Å². The van der Waals surface area contributed by atoms with Crippen LogP contribution in [0.25, 0.3) is 11.0 Å². The fourth-order valence-corrected chi connectivity index (χ4v) is 2.47. The molecule has 3 heterocycles. The van der Waals surface area contributed by atoms with E-state index in [9.17, 15) is 4.79 Å². The second-order valence-electron chi connectivity index (χ2n) is 4.80. The van der Waals surface area contributed by atoms with Crippen molar-refractivity contribution in [2.75, 3.05) is 13.1 Å². The maximum Gasteiger partial charge on any atom is 0.317 e. The standard InChI is InChI=1S/C13H17N5O/c1-2-4-14-13(19)18-5-3-10-9(8-18)6-15-12-11(10)7-16-17-12/h6-7H,2-5,8H2,1H3,(H,14,19)(H,15,16,17). The number of amides is 2. The largest absolute Gasteiger partial charge is 0.338 e. The first kappa shape index (κ1) is 12.0. The predicted octanol–water partition coefficient (Wildman–Crippen LogP) is 1.44. The highest BCUT2D eigenvalue weighted by Gasteiger charge is 2.22. The molecule has 0 unspecified atom stereocenters. The summed E-state index contributed by atoms with van der Waals surface area (Å²) in [5.41, 5.74) is 3.20. The van der Waals surface area contributed by atoms with E-state index in [2.05, 4.69) is 20.5 Å². The molecule has 2 amide bonds. The molecule has 6 nitrogen and oxygen atoms in total. The van der Waals surface area contributed by atoms with Gasteiger partial charge in [-0.25, -0.2) is 9.78 Å². The number of aromatic amines is 1. The number of urea groups is 1. The number of nitrogens with one attached hydrogen (secondary N) is 2. The summed E-state index contributed by atoms with van der Waals surface area (Å²) in [4.78, 5) is 18.1. The Bertz CT molecular complexity index is 606. The van der Waals surface area contributed by atoms with Crippen molar-refractivity contribution in [2.45, 2.75) is 26.3 Å². The van der Waals surface area contributed by atoms with Gasteiger partial charge in [0.05, 0.1) is 6.20 Å². The Kier molecular flexibility index (Phi) is 3.06. The third kappa shape index (κ3) is 2.14. The smallest absolute Gasteiger partial charge is 0.317 e. The van der Waals surface area contributed by atoms with Gasteiger partial charge < -0.3 is 10.2 Å². The van der Waals surface area contributed by atoms with Crippen molar-refractivity contribution >= 4 is 17.1 Å². The maximum atomic E-state index is 12.0. The van der Waals surface area contributed by atoms with Crippen LogP contribution >= 0.6 is 0 Å². The first-order valence-electron chi connectivity index (χ1n) is 6.62. The van der Waals surface area contributed by atoms with Crippen molar-refractivity contribution in [3.05, 3.63) is 23.5 Å². The third-order valence-corrected chi connectivity index (χ3v) is 3.49. The number of fused-ring (bicyclic) bond motifs is 3. The summed E-state index contributed by atoms with van der Waals surface area (Å²) < 4.78 is 0. The summed E-state index contributed by atoms with van der Waals surface area (Å²) in [6.45, 7) is 4.14. The van der Waals surface area contributed by atoms with Crippen LogP contribution in [0.4, 0.5) is 4.79 Å². The molecular formula is C13H17N5O. The minimum Gasteiger partial charge on any atom is -0.338 e. The zero-order valence-electron chi connectivity index (χ0n) is 10.9. The summed E-state index contributed by atoms with van der Waals surface area (Å²) in [5, 5.41) is 10.9. The summed E-state index contributed by atoms with van der Waals surface area (Å²) in [6.07, 6.45) is 5.46. The van der Waals surface area contributed by atoms with E-state index in [1.807, 2.05) is 24.2 Å². The van der Waals surface area contributed by atoms with Crippen molar-refractivity contribution < 1.29 is 4.79 Å². The van der Waals surface area contributed by atoms with Crippen molar-refractivity contribution in [3.8, 4) is 0 Å². The van der Waals surface area contributed by atoms with E-state index in [-0.39, 0.29) is 6.03 Å². The number of rotatable bonds is 2. The van der Waals surface area contributed by atoms with Crippen LogP contribution in [0.2, 0.25) is 0 Å². The Labute approximate surface area is 111 Å². The van der Waals surface area contributed by atoms with Gasteiger partial charge in [0, 0.05) is 31.2 Å². The SMILES string of the molecule is CCCNC(=O)N1CCc2c(cnc3[nH]ncc23)C1. The van der Waals surface area contributed by atoms with Crippen LogP contribution in [0, 0.1) is 0 Å². The summed E-state index contributed by atoms with van der Waals surface area (Å²) in [7, 11) is 0. The fourth-order valence-electron chi connectivity index (χ4n) is 2.47. The second-order valence-corrected chi connectivity index (χ2v) is 4.80. The second kappa shape index (κ2) is 4.87. The van der Waals surface area contributed by atoms with Gasteiger partial charge in [-0.2, -0.15) is 5.10 Å². The van der Waals surface area contributed by atoms with Gasteiger partial charge in [-0.1, -0.05) is 6.92 Å². The molecule has 0 atom stereocenters. The molecular weight excluding hydrogens is 242 g/mol. The number of carbonyl (C=O) groups excluding carboxylic acids is 1. The Hall–Kier alpha value is -2.11. The van der Waals surface area contributed by atoms with Crippen molar-refractivity contribution in [1.82, 2.24) is 25.4 Å². The van der Waals surface area contributed by atoms with Gasteiger partial charge in [-0.05, 0) is 24.0 Å². The fraction of sp³-hybridized carbons (Fsp3) is 0.462. The van der Waals surface area contributed by atoms with Gasteiger partial charge in [-0.3, -0.25) is 5.10 Å². The van der Waals surface area contributed by atoms with E-state index in [1.165, 1.54) is 5.56 Å². The minimum atomic E-state index is 0.0137. The van der Waals surface area contributed by atoms with E-state index in [4.69, 9.17) is 0 Å². The van der Waals surface area contributed by atoms with Gasteiger partial charge in [0.2, 0.25) is 0 Å². The topological polar surface area (TPSA) is 73.9 Å². The van der Waals surface area contributed by atoms with Crippen molar-refractivity contribution in [3.63, 3.8) is 0 Å². The lowest BCUT2D eigenvalue weighted by atomic mass is 9.99. The lowest BCUT2D eigenvalue weighted by Gasteiger charge is -2.28. The minimum absolute atomic E-state index is 0.0137. The molecule has 0 aliphatic carbocycles. The normalized spacial score (nSPS) is 14.5. The molecule has 1 aliphatic rings. The van der Waals surface area contributed by atoms with Crippen LogP contribution in [0.1, 0.15) is 24.5 Å². The van der Waals surface area contributed by atoms with Crippen molar-refractivity contribution in [2.24, 2.45) is 0 Å². The highest BCUT2D eigenvalue weighted by Crippen LogP contribution is 2.24. The first-order chi connectivity index (χ1) is 9.29. The number of pyridine rings is 1. The van der Waals surface area contributed by atoms with Gasteiger partial charge in [0.25, 0.3) is 0 Å². The Morgan fingerprint density at radius 1 is 1.53 bits per heavy atom. The molecule has 2 aromatic heterocycles.